The molecule has 2 N–H and O–H groups in total. The predicted molar refractivity (Wildman–Crippen MR) is 115 cm³/mol. The number of hydrogen-bond acceptors (Lipinski definition) is 3. The highest BCUT2D eigenvalue weighted by atomic mass is 16.5. The van der Waals surface area contributed by atoms with E-state index in [4.69, 9.17) is 9.47 Å². The normalized spacial score (nSPS) is 16.4. The van der Waals surface area contributed by atoms with Crippen molar-refractivity contribution in [3.8, 4) is 11.5 Å². The van der Waals surface area contributed by atoms with Crippen molar-refractivity contribution in [3.05, 3.63) is 58.3 Å². The lowest BCUT2D eigenvalue weighted by molar-refractivity contribution is 0.256. The number of H-pyrrole nitrogens is 1. The first-order chi connectivity index (χ1) is 13.5. The Kier molecular flexibility index (Phi) is 5.07. The van der Waals surface area contributed by atoms with Gasteiger partial charge in [-0.3, -0.25) is 0 Å². The van der Waals surface area contributed by atoms with Gasteiger partial charge in [0.25, 0.3) is 0 Å². The molecule has 4 heteroatoms. The van der Waals surface area contributed by atoms with Crippen molar-refractivity contribution in [2.24, 2.45) is 5.92 Å². The SMILES string of the molecule is COc1cc(C2NCCc3c2[nH]c2cc(C)cc(C)c32)ccc1OCC(C)C. The standard InChI is InChI=1S/C24H30N2O2/c1-14(2)13-28-20-7-6-17(12-21(20)27-5)23-24-18(8-9-25-23)22-16(4)10-15(3)11-19(22)26-24/h6-7,10-12,14,23,25-26H,8-9,13H2,1-5H3. The van der Waals surface area contributed by atoms with E-state index in [0.29, 0.717) is 12.5 Å². The van der Waals surface area contributed by atoms with Gasteiger partial charge in [-0.25, -0.2) is 0 Å². The van der Waals surface area contributed by atoms with Crippen molar-refractivity contribution in [1.82, 2.24) is 10.3 Å². The Bertz CT molecular complexity index is 1000. The molecular formula is C24H30N2O2. The minimum absolute atomic E-state index is 0.129. The molecule has 0 aliphatic carbocycles. The molecule has 1 aliphatic heterocycles. The largest absolute Gasteiger partial charge is 0.493 e. The maximum absolute atomic E-state index is 5.92. The number of methoxy groups -OCH3 is 1. The molecule has 0 spiro atoms. The maximum atomic E-state index is 5.92. The van der Waals surface area contributed by atoms with Crippen LogP contribution in [0.3, 0.4) is 0 Å². The first kappa shape index (κ1) is 18.9. The highest BCUT2D eigenvalue weighted by Crippen LogP contribution is 2.38. The molecule has 0 fully saturated rings. The number of aromatic amines is 1. The van der Waals surface area contributed by atoms with Gasteiger partial charge in [-0.15, -0.1) is 0 Å². The number of fused-ring (bicyclic) bond motifs is 3. The molecule has 0 saturated carbocycles. The second-order valence-electron chi connectivity index (χ2n) is 8.27. The van der Waals surface area contributed by atoms with Gasteiger partial charge in [-0.05, 0) is 66.6 Å². The highest BCUT2D eigenvalue weighted by molar-refractivity contribution is 5.89. The summed E-state index contributed by atoms with van der Waals surface area (Å²) in [5.74, 6) is 2.07. The van der Waals surface area contributed by atoms with Crippen LogP contribution in [0, 0.1) is 19.8 Å². The number of ether oxygens (including phenoxy) is 2. The molecule has 2 heterocycles. The molecule has 3 aromatic rings. The van der Waals surface area contributed by atoms with Crippen LogP contribution in [0.15, 0.2) is 30.3 Å². The third-order valence-corrected chi connectivity index (χ3v) is 5.48. The molecule has 1 unspecified atom stereocenters. The lowest BCUT2D eigenvalue weighted by atomic mass is 9.92. The van der Waals surface area contributed by atoms with E-state index in [1.807, 2.05) is 6.07 Å². The van der Waals surface area contributed by atoms with E-state index in [1.165, 1.54) is 38.9 Å². The van der Waals surface area contributed by atoms with Crippen LogP contribution < -0.4 is 14.8 Å². The molecule has 1 aliphatic rings. The van der Waals surface area contributed by atoms with Crippen molar-refractivity contribution in [3.63, 3.8) is 0 Å². The van der Waals surface area contributed by atoms with Gasteiger partial charge in [-0.2, -0.15) is 0 Å². The Morgan fingerprint density at radius 2 is 1.93 bits per heavy atom. The van der Waals surface area contributed by atoms with Gasteiger partial charge in [0.1, 0.15) is 0 Å². The first-order valence-corrected chi connectivity index (χ1v) is 10.1. The first-order valence-electron chi connectivity index (χ1n) is 10.1. The molecule has 28 heavy (non-hydrogen) atoms. The van der Waals surface area contributed by atoms with Gasteiger partial charge < -0.3 is 19.8 Å². The Labute approximate surface area is 167 Å². The summed E-state index contributed by atoms with van der Waals surface area (Å²) < 4.78 is 11.6. The fourth-order valence-electron chi connectivity index (χ4n) is 4.30. The molecule has 0 bridgehead atoms. The quantitative estimate of drug-likeness (QED) is 0.652. The smallest absolute Gasteiger partial charge is 0.161 e. The fraction of sp³-hybridized carbons (Fsp3) is 0.417. The zero-order chi connectivity index (χ0) is 19.8. The molecule has 1 atom stereocenters. The van der Waals surface area contributed by atoms with Crippen molar-refractivity contribution < 1.29 is 9.47 Å². The average Bonchev–Trinajstić information content (AvgIpc) is 3.04. The van der Waals surface area contributed by atoms with Crippen molar-refractivity contribution in [2.45, 2.75) is 40.2 Å². The third kappa shape index (κ3) is 3.37. The van der Waals surface area contributed by atoms with Crippen molar-refractivity contribution in [2.75, 3.05) is 20.3 Å². The fourth-order valence-corrected chi connectivity index (χ4v) is 4.30. The molecule has 4 rings (SSSR count). The molecule has 0 radical (unpaired) electrons. The summed E-state index contributed by atoms with van der Waals surface area (Å²) in [7, 11) is 1.70. The Hall–Kier alpha value is -2.46. The summed E-state index contributed by atoms with van der Waals surface area (Å²) in [4.78, 5) is 3.70. The van der Waals surface area contributed by atoms with E-state index in [-0.39, 0.29) is 6.04 Å². The highest BCUT2D eigenvalue weighted by Gasteiger charge is 2.26. The van der Waals surface area contributed by atoms with E-state index in [0.717, 1.165) is 24.5 Å². The molecule has 4 nitrogen and oxygen atoms in total. The summed E-state index contributed by atoms with van der Waals surface area (Å²) in [6.45, 7) is 10.3. The number of nitrogens with one attached hydrogen (secondary N) is 2. The van der Waals surface area contributed by atoms with Crippen LogP contribution in [0.4, 0.5) is 0 Å². The zero-order valence-electron chi connectivity index (χ0n) is 17.5. The second-order valence-corrected chi connectivity index (χ2v) is 8.27. The summed E-state index contributed by atoms with van der Waals surface area (Å²) >= 11 is 0. The van der Waals surface area contributed by atoms with Gasteiger partial charge in [0.15, 0.2) is 11.5 Å². The second kappa shape index (κ2) is 7.51. The van der Waals surface area contributed by atoms with Gasteiger partial charge in [0.05, 0.1) is 19.8 Å². The predicted octanol–water partition coefficient (Wildman–Crippen LogP) is 5.06. The monoisotopic (exact) mass is 378 g/mol. The van der Waals surface area contributed by atoms with Gasteiger partial charge >= 0.3 is 0 Å². The molecule has 2 aromatic carbocycles. The van der Waals surface area contributed by atoms with Crippen molar-refractivity contribution in [1.29, 1.82) is 0 Å². The summed E-state index contributed by atoms with van der Waals surface area (Å²) in [5, 5.41) is 5.07. The Morgan fingerprint density at radius 3 is 2.68 bits per heavy atom. The molecule has 0 amide bonds. The van der Waals surface area contributed by atoms with E-state index < -0.39 is 0 Å². The maximum Gasteiger partial charge on any atom is 0.161 e. The number of benzene rings is 2. The van der Waals surface area contributed by atoms with Crippen molar-refractivity contribution >= 4 is 10.9 Å². The van der Waals surface area contributed by atoms with Crippen LogP contribution in [0.5, 0.6) is 11.5 Å². The number of aryl methyl sites for hydroxylation is 2. The van der Waals surface area contributed by atoms with E-state index in [2.05, 4.69) is 62.3 Å². The van der Waals surface area contributed by atoms with E-state index in [9.17, 15) is 0 Å². The van der Waals surface area contributed by atoms with Crippen LogP contribution in [0.1, 0.15) is 47.8 Å². The summed E-state index contributed by atoms with van der Waals surface area (Å²) in [5.41, 5.74) is 7.78. The molecule has 1 aromatic heterocycles. The van der Waals surface area contributed by atoms with Crippen LogP contribution in [-0.2, 0) is 6.42 Å². The Morgan fingerprint density at radius 1 is 1.11 bits per heavy atom. The minimum Gasteiger partial charge on any atom is -0.493 e. The third-order valence-electron chi connectivity index (χ3n) is 5.48. The van der Waals surface area contributed by atoms with E-state index in [1.54, 1.807) is 7.11 Å². The Balaban J connectivity index is 1.74. The van der Waals surface area contributed by atoms with Crippen LogP contribution >= 0.6 is 0 Å². The van der Waals surface area contributed by atoms with Crippen LogP contribution in [0.2, 0.25) is 0 Å². The average molecular weight is 379 g/mol. The van der Waals surface area contributed by atoms with Gasteiger partial charge in [-0.1, -0.05) is 26.0 Å². The summed E-state index contributed by atoms with van der Waals surface area (Å²) in [6, 6.07) is 10.9. The minimum atomic E-state index is 0.129. The number of aromatic nitrogens is 1. The summed E-state index contributed by atoms with van der Waals surface area (Å²) in [6.07, 6.45) is 1.04. The molecule has 0 saturated heterocycles. The lowest BCUT2D eigenvalue weighted by Crippen LogP contribution is -2.30. The topological polar surface area (TPSA) is 46.3 Å². The molecular weight excluding hydrogens is 348 g/mol. The van der Waals surface area contributed by atoms with Crippen LogP contribution in [0.25, 0.3) is 10.9 Å². The zero-order valence-corrected chi connectivity index (χ0v) is 17.5. The van der Waals surface area contributed by atoms with Crippen LogP contribution in [-0.4, -0.2) is 25.2 Å². The van der Waals surface area contributed by atoms with E-state index >= 15 is 0 Å². The number of rotatable bonds is 5. The van der Waals surface area contributed by atoms with Gasteiger partial charge in [0.2, 0.25) is 0 Å². The number of hydrogen-bond donors (Lipinski definition) is 2. The van der Waals surface area contributed by atoms with Gasteiger partial charge in [0, 0.05) is 23.1 Å². The molecule has 148 valence electrons. The lowest BCUT2D eigenvalue weighted by Gasteiger charge is -2.25.